The van der Waals surface area contributed by atoms with Crippen molar-refractivity contribution in [2.75, 3.05) is 13.7 Å². The predicted octanol–water partition coefficient (Wildman–Crippen LogP) is 2.58. The summed E-state index contributed by atoms with van der Waals surface area (Å²) in [5, 5.41) is 27.7. The lowest BCUT2D eigenvalue weighted by Gasteiger charge is -2.70. The number of hydrogen-bond acceptors (Lipinski definition) is 6. The van der Waals surface area contributed by atoms with Crippen molar-refractivity contribution in [1.82, 2.24) is 5.32 Å². The largest absolute Gasteiger partial charge is 0.411 e. The second kappa shape index (κ2) is 6.91. The van der Waals surface area contributed by atoms with Crippen molar-refractivity contribution < 1.29 is 24.6 Å². The van der Waals surface area contributed by atoms with E-state index in [1.165, 1.54) is 0 Å². The van der Waals surface area contributed by atoms with Crippen LogP contribution >= 0.6 is 0 Å². The molecular weight excluding hydrogens is 396 g/mol. The number of rotatable bonds is 1. The van der Waals surface area contributed by atoms with Gasteiger partial charge >= 0.3 is 0 Å². The number of nitrogens with zero attached hydrogens (tertiary/aromatic N) is 1. The molecule has 3 N–H and O–H groups in total. The first-order chi connectivity index (χ1) is 14.6. The minimum absolute atomic E-state index is 0.0442. The summed E-state index contributed by atoms with van der Waals surface area (Å²) in [7, 11) is 1.68. The molecular formula is C24H38N2O5. The minimum Gasteiger partial charge on any atom is -0.411 e. The molecule has 10 atom stereocenters. The van der Waals surface area contributed by atoms with E-state index in [1.54, 1.807) is 7.11 Å². The third-order valence-corrected chi connectivity index (χ3v) is 10.4. The van der Waals surface area contributed by atoms with Crippen LogP contribution < -0.4 is 5.32 Å². The standard InChI is InChI=1S/C24H38N2O5/c1-12-6-7-18-22(2,3)20(26-29)17(30-5)10-24(18)23(12,4)9-14-16(27)8-13-15(19(14)31-24)11-25-21(13)28/h12-19,27,29H,6-11H2,1-5H3,(H,25,28). The fourth-order valence-electron chi connectivity index (χ4n) is 8.54. The molecule has 31 heavy (non-hydrogen) atoms. The second-order valence-electron chi connectivity index (χ2n) is 11.7. The zero-order chi connectivity index (χ0) is 22.3. The molecule has 5 aliphatic rings. The maximum absolute atomic E-state index is 12.4. The summed E-state index contributed by atoms with van der Waals surface area (Å²) in [6, 6.07) is 0. The molecule has 3 aliphatic carbocycles. The number of aliphatic hydroxyl groups is 1. The average molecular weight is 435 g/mol. The van der Waals surface area contributed by atoms with E-state index in [4.69, 9.17) is 9.47 Å². The number of fused-ring (bicyclic) bond motifs is 3. The highest BCUT2D eigenvalue weighted by Gasteiger charge is 2.71. The van der Waals surface area contributed by atoms with Gasteiger partial charge in [0.05, 0.1) is 23.5 Å². The van der Waals surface area contributed by atoms with Crippen LogP contribution in [0.25, 0.3) is 0 Å². The van der Waals surface area contributed by atoms with Crippen molar-refractivity contribution in [3.63, 3.8) is 0 Å². The Hall–Kier alpha value is -1.18. The number of nitrogens with one attached hydrogen (secondary N) is 1. The SMILES string of the molecule is COC1CC23OC4C(CC2(C)C(C)CCC3C(C)(C)C1=NO)C(O)CC1C(=O)NCC14. The lowest BCUT2D eigenvalue weighted by molar-refractivity contribution is -0.324. The van der Waals surface area contributed by atoms with Gasteiger partial charge in [0.1, 0.15) is 6.10 Å². The summed E-state index contributed by atoms with van der Waals surface area (Å²) in [6.07, 6.45) is 3.20. The van der Waals surface area contributed by atoms with Crippen molar-refractivity contribution in [2.24, 2.45) is 45.6 Å². The Morgan fingerprint density at radius 3 is 2.61 bits per heavy atom. The highest BCUT2D eigenvalue weighted by atomic mass is 16.5. The average Bonchev–Trinajstić information content (AvgIpc) is 3.08. The van der Waals surface area contributed by atoms with Crippen LogP contribution in [-0.2, 0) is 14.3 Å². The van der Waals surface area contributed by atoms with Crippen LogP contribution in [0.2, 0.25) is 0 Å². The fourth-order valence-corrected chi connectivity index (χ4v) is 8.54. The molecule has 0 bridgehead atoms. The van der Waals surface area contributed by atoms with Crippen molar-refractivity contribution in [3.8, 4) is 0 Å². The molecule has 0 aromatic carbocycles. The molecule has 0 radical (unpaired) electrons. The third kappa shape index (κ3) is 2.63. The van der Waals surface area contributed by atoms with Gasteiger partial charge in [-0.25, -0.2) is 0 Å². The van der Waals surface area contributed by atoms with E-state index in [0.29, 0.717) is 31.0 Å². The molecule has 0 aromatic heterocycles. The van der Waals surface area contributed by atoms with Gasteiger partial charge in [-0.2, -0.15) is 0 Å². The van der Waals surface area contributed by atoms with E-state index in [1.807, 2.05) is 0 Å². The maximum Gasteiger partial charge on any atom is 0.223 e. The summed E-state index contributed by atoms with van der Waals surface area (Å²) in [5.41, 5.74) is -0.251. The number of carbonyl (C=O) groups is 1. The molecule has 7 heteroatoms. The van der Waals surface area contributed by atoms with E-state index < -0.39 is 11.7 Å². The quantitative estimate of drug-likeness (QED) is 0.435. The molecule has 2 heterocycles. The summed E-state index contributed by atoms with van der Waals surface area (Å²) in [5.74, 6) is 0.665. The van der Waals surface area contributed by atoms with Gasteiger partial charge in [0.25, 0.3) is 0 Å². The van der Waals surface area contributed by atoms with E-state index in [0.717, 1.165) is 19.3 Å². The molecule has 10 unspecified atom stereocenters. The number of oxime groups is 1. The molecule has 2 aliphatic heterocycles. The minimum atomic E-state index is -0.513. The Kier molecular flexibility index (Phi) is 4.83. The molecule has 2 saturated heterocycles. The second-order valence-corrected chi connectivity index (χ2v) is 11.7. The fraction of sp³-hybridized carbons (Fsp3) is 0.917. The van der Waals surface area contributed by atoms with Gasteiger partial charge in [-0.1, -0.05) is 32.9 Å². The first kappa shape index (κ1) is 21.7. The predicted molar refractivity (Wildman–Crippen MR) is 115 cm³/mol. The monoisotopic (exact) mass is 434 g/mol. The molecule has 1 amide bonds. The Morgan fingerprint density at radius 2 is 1.94 bits per heavy atom. The normalized spacial score (nSPS) is 54.4. The Labute approximate surface area is 184 Å². The molecule has 1 spiro atoms. The van der Waals surface area contributed by atoms with Crippen LogP contribution in [0.15, 0.2) is 5.16 Å². The van der Waals surface area contributed by atoms with E-state index in [-0.39, 0.29) is 52.6 Å². The Balaban J connectivity index is 1.63. The van der Waals surface area contributed by atoms with Gasteiger partial charge in [0, 0.05) is 48.7 Å². The summed E-state index contributed by atoms with van der Waals surface area (Å²) in [4.78, 5) is 12.4. The topological polar surface area (TPSA) is 100 Å². The van der Waals surface area contributed by atoms with Gasteiger partial charge < -0.3 is 25.1 Å². The maximum atomic E-state index is 12.4. The van der Waals surface area contributed by atoms with Crippen LogP contribution in [0.3, 0.4) is 0 Å². The van der Waals surface area contributed by atoms with Gasteiger partial charge in [0.15, 0.2) is 0 Å². The first-order valence-corrected chi connectivity index (χ1v) is 12.0. The van der Waals surface area contributed by atoms with Gasteiger partial charge in [0.2, 0.25) is 5.91 Å². The third-order valence-electron chi connectivity index (χ3n) is 10.4. The van der Waals surface area contributed by atoms with Crippen LogP contribution in [0.4, 0.5) is 0 Å². The number of hydrogen-bond donors (Lipinski definition) is 3. The highest BCUT2D eigenvalue weighted by molar-refractivity contribution is 5.94. The lowest BCUT2D eigenvalue weighted by atomic mass is 9.42. The molecule has 7 nitrogen and oxygen atoms in total. The summed E-state index contributed by atoms with van der Waals surface area (Å²) >= 11 is 0. The molecule has 5 fully saturated rings. The number of ether oxygens (including phenoxy) is 2. The van der Waals surface area contributed by atoms with Crippen molar-refractivity contribution >= 4 is 11.6 Å². The zero-order valence-corrected chi connectivity index (χ0v) is 19.4. The number of amides is 1. The van der Waals surface area contributed by atoms with Crippen molar-refractivity contribution in [3.05, 3.63) is 0 Å². The molecule has 5 rings (SSSR count). The lowest BCUT2D eigenvalue weighted by Crippen LogP contribution is -2.74. The van der Waals surface area contributed by atoms with Crippen LogP contribution in [-0.4, -0.2) is 59.5 Å². The summed E-state index contributed by atoms with van der Waals surface area (Å²) in [6.45, 7) is 9.62. The summed E-state index contributed by atoms with van der Waals surface area (Å²) < 4.78 is 13.2. The number of carbonyl (C=O) groups excluding carboxylic acids is 1. The highest BCUT2D eigenvalue weighted by Crippen LogP contribution is 2.68. The van der Waals surface area contributed by atoms with E-state index in [9.17, 15) is 15.1 Å². The smallest absolute Gasteiger partial charge is 0.223 e. The Bertz CT molecular complexity index is 799. The van der Waals surface area contributed by atoms with E-state index >= 15 is 0 Å². The molecule has 3 saturated carbocycles. The van der Waals surface area contributed by atoms with Crippen molar-refractivity contribution in [1.29, 1.82) is 0 Å². The van der Waals surface area contributed by atoms with Gasteiger partial charge in [-0.05, 0) is 37.5 Å². The van der Waals surface area contributed by atoms with E-state index in [2.05, 4.69) is 38.2 Å². The Morgan fingerprint density at radius 1 is 1.19 bits per heavy atom. The first-order valence-electron chi connectivity index (χ1n) is 12.0. The van der Waals surface area contributed by atoms with Gasteiger partial charge in [-0.15, -0.1) is 0 Å². The van der Waals surface area contributed by atoms with Crippen molar-refractivity contribution in [2.45, 2.75) is 83.7 Å². The van der Waals surface area contributed by atoms with Crippen LogP contribution in [0, 0.1) is 40.4 Å². The number of methoxy groups -OCH3 is 1. The molecule has 174 valence electrons. The van der Waals surface area contributed by atoms with Crippen LogP contribution in [0.1, 0.15) is 59.8 Å². The van der Waals surface area contributed by atoms with Gasteiger partial charge in [-0.3, -0.25) is 4.79 Å². The zero-order valence-electron chi connectivity index (χ0n) is 19.4. The van der Waals surface area contributed by atoms with Crippen LogP contribution in [0.5, 0.6) is 0 Å². The molecule has 0 aromatic rings. The number of aliphatic hydroxyl groups excluding tert-OH is 1.